The van der Waals surface area contributed by atoms with Crippen molar-refractivity contribution in [1.82, 2.24) is 10.6 Å². The van der Waals surface area contributed by atoms with Crippen LogP contribution in [0.15, 0.2) is 24.3 Å². The van der Waals surface area contributed by atoms with Gasteiger partial charge < -0.3 is 15.4 Å². The van der Waals surface area contributed by atoms with Gasteiger partial charge in [0.2, 0.25) is 0 Å². The van der Waals surface area contributed by atoms with Crippen LogP contribution >= 0.6 is 11.8 Å². The molecular weight excluding hydrogens is 296 g/mol. The van der Waals surface area contributed by atoms with Gasteiger partial charge >= 0.3 is 6.03 Å². The van der Waals surface area contributed by atoms with E-state index in [0.29, 0.717) is 30.4 Å². The van der Waals surface area contributed by atoms with Crippen molar-refractivity contribution in [2.24, 2.45) is 5.92 Å². The molecule has 1 aliphatic heterocycles. The molecule has 4 nitrogen and oxygen atoms in total. The summed E-state index contributed by atoms with van der Waals surface area (Å²) in [7, 11) is 0. The lowest BCUT2D eigenvalue weighted by molar-refractivity contribution is 0.210. The molecule has 0 bridgehead atoms. The molecule has 2 amide bonds. The zero-order chi connectivity index (χ0) is 15.4. The number of fused-ring (bicyclic) bond motifs is 1. The van der Waals surface area contributed by atoms with Gasteiger partial charge in [0.15, 0.2) is 0 Å². The lowest BCUT2D eigenvalue weighted by Crippen LogP contribution is -2.44. The van der Waals surface area contributed by atoms with E-state index in [1.807, 2.05) is 30.0 Å². The maximum atomic E-state index is 12.0. The Morgan fingerprint density at radius 1 is 1.36 bits per heavy atom. The van der Waals surface area contributed by atoms with Crippen LogP contribution in [0.5, 0.6) is 5.75 Å². The number of hydrogen-bond acceptors (Lipinski definition) is 3. The van der Waals surface area contributed by atoms with Crippen LogP contribution in [0.25, 0.3) is 0 Å². The Kier molecular flexibility index (Phi) is 5.13. The Morgan fingerprint density at radius 2 is 2.23 bits per heavy atom. The van der Waals surface area contributed by atoms with E-state index in [2.05, 4.69) is 23.0 Å². The third-order valence-corrected chi connectivity index (χ3v) is 5.65. The van der Waals surface area contributed by atoms with Crippen LogP contribution in [-0.2, 0) is 6.42 Å². The van der Waals surface area contributed by atoms with E-state index in [9.17, 15) is 4.79 Å². The van der Waals surface area contributed by atoms with Crippen LogP contribution < -0.4 is 15.4 Å². The Bertz CT molecular complexity index is 523. The first-order valence-corrected chi connectivity index (χ1v) is 9.31. The van der Waals surface area contributed by atoms with Crippen molar-refractivity contribution >= 4 is 17.8 Å². The number of benzene rings is 1. The molecule has 1 fully saturated rings. The van der Waals surface area contributed by atoms with Gasteiger partial charge in [-0.2, -0.15) is 11.8 Å². The molecule has 1 aromatic rings. The number of nitrogens with one attached hydrogen (secondary N) is 2. The van der Waals surface area contributed by atoms with Crippen molar-refractivity contribution in [2.75, 3.05) is 19.4 Å². The van der Waals surface area contributed by atoms with Gasteiger partial charge in [-0.1, -0.05) is 18.2 Å². The maximum Gasteiger partial charge on any atom is 0.315 e. The Labute approximate surface area is 136 Å². The van der Waals surface area contributed by atoms with Crippen molar-refractivity contribution < 1.29 is 9.53 Å². The number of amides is 2. The summed E-state index contributed by atoms with van der Waals surface area (Å²) < 4.78 is 5.76. The highest BCUT2D eigenvalue weighted by Gasteiger charge is 2.25. The van der Waals surface area contributed by atoms with Gasteiger partial charge in [0, 0.05) is 23.8 Å². The highest BCUT2D eigenvalue weighted by Crippen LogP contribution is 2.28. The normalized spacial score (nSPS) is 26.9. The van der Waals surface area contributed by atoms with E-state index in [1.165, 1.54) is 12.0 Å². The van der Waals surface area contributed by atoms with Gasteiger partial charge in [-0.3, -0.25) is 0 Å². The number of thioether (sulfide) groups is 1. The van der Waals surface area contributed by atoms with Gasteiger partial charge in [-0.15, -0.1) is 0 Å². The van der Waals surface area contributed by atoms with Crippen LogP contribution in [0.3, 0.4) is 0 Å². The Morgan fingerprint density at radius 3 is 3.05 bits per heavy atom. The molecule has 2 aliphatic rings. The van der Waals surface area contributed by atoms with Crippen molar-refractivity contribution in [3.8, 4) is 5.75 Å². The Hall–Kier alpha value is -1.36. The predicted molar refractivity (Wildman–Crippen MR) is 90.6 cm³/mol. The molecule has 1 aliphatic carbocycles. The molecule has 0 aromatic heterocycles. The van der Waals surface area contributed by atoms with E-state index < -0.39 is 0 Å². The lowest BCUT2D eigenvalue weighted by Gasteiger charge is -2.25. The zero-order valence-corrected chi connectivity index (χ0v) is 13.8. The summed E-state index contributed by atoms with van der Waals surface area (Å²) in [5, 5.41) is 6.81. The number of para-hydroxylation sites is 1. The third-order valence-electron chi connectivity index (χ3n) is 4.56. The van der Waals surface area contributed by atoms with E-state index in [-0.39, 0.29) is 6.03 Å². The standard InChI is InChI=1S/C17H24N2O2S/c1-22-15-7-6-14(9-15)19-17(20)18-10-12-8-13-4-2-3-5-16(13)21-11-12/h2-5,12,14-15H,6-11H2,1H3,(H2,18,19,20)/t12-,14-,15-/m1/s1. The predicted octanol–water partition coefficient (Wildman–Crippen LogP) is 2.82. The topological polar surface area (TPSA) is 50.4 Å². The number of urea groups is 1. The van der Waals surface area contributed by atoms with Gasteiger partial charge in [-0.25, -0.2) is 4.79 Å². The van der Waals surface area contributed by atoms with Gasteiger partial charge in [-0.05, 0) is 43.6 Å². The van der Waals surface area contributed by atoms with Gasteiger partial charge in [0.1, 0.15) is 5.75 Å². The third kappa shape index (κ3) is 3.88. The largest absolute Gasteiger partial charge is 0.493 e. The molecule has 0 radical (unpaired) electrons. The van der Waals surface area contributed by atoms with E-state index >= 15 is 0 Å². The molecule has 1 heterocycles. The fraction of sp³-hybridized carbons (Fsp3) is 0.588. The molecule has 0 unspecified atom stereocenters. The first-order chi connectivity index (χ1) is 10.7. The number of ether oxygens (including phenoxy) is 1. The molecule has 3 rings (SSSR count). The van der Waals surface area contributed by atoms with Crippen molar-refractivity contribution in [1.29, 1.82) is 0 Å². The summed E-state index contributed by atoms with van der Waals surface area (Å²) in [5.74, 6) is 1.33. The minimum atomic E-state index is -0.0365. The fourth-order valence-corrected chi connectivity index (χ4v) is 4.08. The minimum absolute atomic E-state index is 0.0365. The molecule has 22 heavy (non-hydrogen) atoms. The molecule has 0 spiro atoms. The van der Waals surface area contributed by atoms with Crippen molar-refractivity contribution in [3.05, 3.63) is 29.8 Å². The highest BCUT2D eigenvalue weighted by molar-refractivity contribution is 7.99. The number of carbonyl (C=O) groups is 1. The second kappa shape index (κ2) is 7.27. The first-order valence-electron chi connectivity index (χ1n) is 8.02. The quantitative estimate of drug-likeness (QED) is 0.897. The summed E-state index contributed by atoms with van der Waals surface area (Å²) in [4.78, 5) is 12.0. The smallest absolute Gasteiger partial charge is 0.315 e. The molecule has 1 aromatic carbocycles. The number of hydrogen-bond donors (Lipinski definition) is 2. The number of carbonyl (C=O) groups excluding carboxylic acids is 1. The molecular formula is C17H24N2O2S. The van der Waals surface area contributed by atoms with E-state index in [1.54, 1.807) is 0 Å². The summed E-state index contributed by atoms with van der Waals surface area (Å²) in [6, 6.07) is 8.43. The van der Waals surface area contributed by atoms with Gasteiger partial charge in [0.05, 0.1) is 6.61 Å². The second-order valence-electron chi connectivity index (χ2n) is 6.21. The maximum absolute atomic E-state index is 12.0. The van der Waals surface area contributed by atoms with Crippen molar-refractivity contribution in [3.63, 3.8) is 0 Å². The summed E-state index contributed by atoms with van der Waals surface area (Å²) in [5.41, 5.74) is 1.24. The van der Waals surface area contributed by atoms with E-state index in [4.69, 9.17) is 4.74 Å². The average molecular weight is 320 g/mol. The second-order valence-corrected chi connectivity index (χ2v) is 7.35. The van der Waals surface area contributed by atoms with Crippen molar-refractivity contribution in [2.45, 2.75) is 37.0 Å². The molecule has 3 atom stereocenters. The molecule has 5 heteroatoms. The minimum Gasteiger partial charge on any atom is -0.493 e. The summed E-state index contributed by atoms with van der Waals surface area (Å²) in [6.07, 6.45) is 6.51. The monoisotopic (exact) mass is 320 g/mol. The molecule has 0 saturated heterocycles. The van der Waals surface area contributed by atoms with E-state index in [0.717, 1.165) is 25.0 Å². The lowest BCUT2D eigenvalue weighted by atomic mass is 9.97. The van der Waals surface area contributed by atoms with Crippen LogP contribution in [0.1, 0.15) is 24.8 Å². The molecule has 2 N–H and O–H groups in total. The average Bonchev–Trinajstić information content (AvgIpc) is 3.00. The number of rotatable bonds is 4. The summed E-state index contributed by atoms with van der Waals surface area (Å²) >= 11 is 1.90. The Balaban J connectivity index is 1.41. The van der Waals surface area contributed by atoms with Crippen LogP contribution in [0, 0.1) is 5.92 Å². The molecule has 1 saturated carbocycles. The van der Waals surface area contributed by atoms with Crippen LogP contribution in [-0.4, -0.2) is 36.7 Å². The summed E-state index contributed by atoms with van der Waals surface area (Å²) in [6.45, 7) is 1.34. The SMILES string of the molecule is CS[C@@H]1CC[C@@H](NC(=O)NC[C@@H]2COc3ccccc3C2)C1. The fourth-order valence-electron chi connectivity index (χ4n) is 3.28. The van der Waals surface area contributed by atoms with Crippen LogP contribution in [0.4, 0.5) is 4.79 Å². The molecule has 120 valence electrons. The first kappa shape index (κ1) is 15.5. The highest BCUT2D eigenvalue weighted by atomic mass is 32.2. The van der Waals surface area contributed by atoms with Crippen LogP contribution in [0.2, 0.25) is 0 Å². The van der Waals surface area contributed by atoms with Gasteiger partial charge in [0.25, 0.3) is 0 Å². The zero-order valence-electron chi connectivity index (χ0n) is 13.0.